The molecule has 2 heterocycles. The molecular formula is C13H17N5OS. The van der Waals surface area contributed by atoms with Gasteiger partial charge in [0.25, 0.3) is 0 Å². The summed E-state index contributed by atoms with van der Waals surface area (Å²) in [4.78, 5) is 10.9. The highest BCUT2D eigenvalue weighted by atomic mass is 32.2. The van der Waals surface area contributed by atoms with E-state index in [1.54, 1.807) is 6.08 Å². The normalized spacial score (nSPS) is 10.7. The summed E-state index contributed by atoms with van der Waals surface area (Å²) in [6.45, 7) is 4.35. The molecule has 6 nitrogen and oxygen atoms in total. The average Bonchev–Trinajstić information content (AvgIpc) is 2.97. The molecule has 2 rings (SSSR count). The van der Waals surface area contributed by atoms with Crippen molar-refractivity contribution in [2.45, 2.75) is 18.1 Å². The number of nitrogens with two attached hydrogens (primary N) is 1. The van der Waals surface area contributed by atoms with Crippen molar-refractivity contribution in [3.63, 3.8) is 0 Å². The minimum absolute atomic E-state index is 0.194. The van der Waals surface area contributed by atoms with Crippen molar-refractivity contribution in [1.29, 1.82) is 0 Å². The number of aromatic nitrogens is 4. The molecule has 0 aliphatic carbocycles. The molecule has 2 aromatic rings. The first-order valence-corrected chi connectivity index (χ1v) is 7.14. The first-order valence-electron chi connectivity index (χ1n) is 6.16. The highest BCUT2D eigenvalue weighted by Gasteiger charge is 2.13. The van der Waals surface area contributed by atoms with Crippen LogP contribution in [0.15, 0.2) is 36.1 Å². The summed E-state index contributed by atoms with van der Waals surface area (Å²) in [5.74, 6) is 0.671. The first-order chi connectivity index (χ1) is 9.61. The molecule has 0 spiro atoms. The van der Waals surface area contributed by atoms with E-state index in [0.717, 1.165) is 11.5 Å². The third-order valence-corrected chi connectivity index (χ3v) is 3.83. The Morgan fingerprint density at radius 1 is 1.55 bits per heavy atom. The van der Waals surface area contributed by atoms with Gasteiger partial charge in [-0.25, -0.2) is 0 Å². The molecule has 0 aliphatic heterocycles. The molecule has 2 aromatic heterocycles. The number of allylic oxidation sites excluding steroid dienone is 1. The molecule has 0 saturated carbocycles. The molecule has 0 saturated heterocycles. The Hall–Kier alpha value is -2.02. The fourth-order valence-electron chi connectivity index (χ4n) is 1.85. The molecule has 7 heteroatoms. The van der Waals surface area contributed by atoms with Crippen molar-refractivity contribution in [1.82, 2.24) is 19.3 Å². The summed E-state index contributed by atoms with van der Waals surface area (Å²) in [7, 11) is 1.99. The second-order valence-corrected chi connectivity index (χ2v) is 5.28. The second-order valence-electron chi connectivity index (χ2n) is 4.34. The fourth-order valence-corrected chi connectivity index (χ4v) is 2.55. The van der Waals surface area contributed by atoms with Crippen LogP contribution in [-0.4, -0.2) is 31.0 Å². The van der Waals surface area contributed by atoms with Crippen LogP contribution in [0.3, 0.4) is 0 Å². The van der Waals surface area contributed by atoms with Crippen LogP contribution in [-0.2, 0) is 24.8 Å². The van der Waals surface area contributed by atoms with Crippen LogP contribution < -0.4 is 5.73 Å². The van der Waals surface area contributed by atoms with E-state index in [1.807, 2.05) is 34.5 Å². The summed E-state index contributed by atoms with van der Waals surface area (Å²) in [6.07, 6.45) is 4.46. The largest absolute Gasteiger partial charge is 0.369 e. The Balaban J connectivity index is 2.22. The van der Waals surface area contributed by atoms with Crippen molar-refractivity contribution >= 4 is 17.7 Å². The smallest absolute Gasteiger partial charge is 0.227 e. The molecule has 1 amide bonds. The Morgan fingerprint density at radius 3 is 2.95 bits per heavy atom. The quantitative estimate of drug-likeness (QED) is 0.609. The number of amides is 1. The van der Waals surface area contributed by atoms with Crippen molar-refractivity contribution in [3.8, 4) is 0 Å². The van der Waals surface area contributed by atoms with Crippen molar-refractivity contribution < 1.29 is 4.79 Å². The Kier molecular flexibility index (Phi) is 4.62. The second kappa shape index (κ2) is 6.42. The van der Waals surface area contributed by atoms with E-state index in [2.05, 4.69) is 16.8 Å². The number of rotatable bonds is 7. The van der Waals surface area contributed by atoms with E-state index in [-0.39, 0.29) is 11.7 Å². The van der Waals surface area contributed by atoms with Gasteiger partial charge in [0.1, 0.15) is 5.82 Å². The third kappa shape index (κ3) is 3.30. The standard InChI is InChI=1S/C13H17N5OS/c1-3-6-18-12(8-10-5-4-7-17(10)2)15-16-13(18)20-9-11(14)19/h3-5,7H,1,6,8-9H2,2H3,(H2,14,19). The number of aryl methyl sites for hydroxylation is 1. The molecule has 0 radical (unpaired) electrons. The highest BCUT2D eigenvalue weighted by Crippen LogP contribution is 2.18. The van der Waals surface area contributed by atoms with Gasteiger partial charge < -0.3 is 14.9 Å². The van der Waals surface area contributed by atoms with Gasteiger partial charge in [0.2, 0.25) is 5.91 Å². The highest BCUT2D eigenvalue weighted by molar-refractivity contribution is 7.99. The lowest BCUT2D eigenvalue weighted by Crippen LogP contribution is -2.14. The molecule has 0 bridgehead atoms. The average molecular weight is 291 g/mol. The summed E-state index contributed by atoms with van der Waals surface area (Å²) in [6, 6.07) is 4.04. The maximum atomic E-state index is 10.9. The van der Waals surface area contributed by atoms with Crippen LogP contribution in [0, 0.1) is 0 Å². The monoisotopic (exact) mass is 291 g/mol. The van der Waals surface area contributed by atoms with E-state index in [1.165, 1.54) is 11.8 Å². The number of carbonyl (C=O) groups excluding carboxylic acids is 1. The Labute approximate surface area is 121 Å². The number of nitrogens with zero attached hydrogens (tertiary/aromatic N) is 4. The van der Waals surface area contributed by atoms with Crippen LogP contribution in [0.1, 0.15) is 11.5 Å². The Morgan fingerprint density at radius 2 is 2.35 bits per heavy atom. The van der Waals surface area contributed by atoms with E-state index in [4.69, 9.17) is 5.73 Å². The molecule has 0 aliphatic rings. The number of primary amides is 1. The number of hydrogen-bond acceptors (Lipinski definition) is 4. The zero-order valence-electron chi connectivity index (χ0n) is 11.3. The zero-order chi connectivity index (χ0) is 14.5. The van der Waals surface area contributed by atoms with Gasteiger partial charge in [0, 0.05) is 31.9 Å². The van der Waals surface area contributed by atoms with Gasteiger partial charge in [0.05, 0.1) is 5.75 Å². The number of hydrogen-bond donors (Lipinski definition) is 1. The molecule has 0 unspecified atom stereocenters. The molecule has 106 valence electrons. The number of thioether (sulfide) groups is 1. The lowest BCUT2D eigenvalue weighted by molar-refractivity contribution is -0.115. The SMILES string of the molecule is C=CCn1c(Cc2cccn2C)nnc1SCC(N)=O. The van der Waals surface area contributed by atoms with Crippen molar-refractivity contribution in [3.05, 3.63) is 42.5 Å². The predicted molar refractivity (Wildman–Crippen MR) is 78.4 cm³/mol. The maximum absolute atomic E-state index is 10.9. The van der Waals surface area contributed by atoms with Gasteiger partial charge in [-0.1, -0.05) is 17.8 Å². The first kappa shape index (κ1) is 14.4. The van der Waals surface area contributed by atoms with Gasteiger partial charge in [-0.3, -0.25) is 4.79 Å². The molecule has 2 N–H and O–H groups in total. The zero-order valence-corrected chi connectivity index (χ0v) is 12.1. The van der Waals surface area contributed by atoms with Gasteiger partial charge in [-0.2, -0.15) is 0 Å². The van der Waals surface area contributed by atoms with Gasteiger partial charge in [0.15, 0.2) is 5.16 Å². The molecule has 20 heavy (non-hydrogen) atoms. The van der Waals surface area contributed by atoms with E-state index < -0.39 is 0 Å². The van der Waals surface area contributed by atoms with Gasteiger partial charge in [-0.05, 0) is 12.1 Å². The fraction of sp³-hybridized carbons (Fsp3) is 0.308. The van der Waals surface area contributed by atoms with Crippen LogP contribution in [0.5, 0.6) is 0 Å². The minimum Gasteiger partial charge on any atom is -0.369 e. The summed E-state index contributed by atoms with van der Waals surface area (Å²) < 4.78 is 4.00. The number of carbonyl (C=O) groups is 1. The van der Waals surface area contributed by atoms with E-state index in [0.29, 0.717) is 18.1 Å². The van der Waals surface area contributed by atoms with Crippen molar-refractivity contribution in [2.75, 3.05) is 5.75 Å². The molecule has 0 aromatic carbocycles. The lowest BCUT2D eigenvalue weighted by atomic mass is 10.3. The van der Waals surface area contributed by atoms with E-state index in [9.17, 15) is 4.79 Å². The Bertz CT molecular complexity index is 616. The van der Waals surface area contributed by atoms with Gasteiger partial charge >= 0.3 is 0 Å². The minimum atomic E-state index is -0.368. The van der Waals surface area contributed by atoms with Crippen LogP contribution >= 0.6 is 11.8 Å². The topological polar surface area (TPSA) is 78.7 Å². The summed E-state index contributed by atoms with van der Waals surface area (Å²) >= 11 is 1.29. The summed E-state index contributed by atoms with van der Waals surface area (Å²) in [5, 5.41) is 9.02. The van der Waals surface area contributed by atoms with Crippen molar-refractivity contribution in [2.24, 2.45) is 12.8 Å². The lowest BCUT2D eigenvalue weighted by Gasteiger charge is -2.07. The maximum Gasteiger partial charge on any atom is 0.227 e. The van der Waals surface area contributed by atoms with Crippen LogP contribution in [0.2, 0.25) is 0 Å². The van der Waals surface area contributed by atoms with Crippen LogP contribution in [0.4, 0.5) is 0 Å². The molecular weight excluding hydrogens is 274 g/mol. The van der Waals surface area contributed by atoms with Gasteiger partial charge in [-0.15, -0.1) is 16.8 Å². The predicted octanol–water partition coefficient (Wildman–Crippen LogP) is 0.971. The molecule has 0 atom stereocenters. The van der Waals surface area contributed by atoms with E-state index >= 15 is 0 Å². The van der Waals surface area contributed by atoms with Crippen LogP contribution in [0.25, 0.3) is 0 Å². The molecule has 0 fully saturated rings. The third-order valence-electron chi connectivity index (χ3n) is 2.84. The summed E-state index contributed by atoms with van der Waals surface area (Å²) in [5.41, 5.74) is 6.31.